The van der Waals surface area contributed by atoms with E-state index in [9.17, 15) is 18.4 Å². The second-order valence-electron chi connectivity index (χ2n) is 6.38. The first-order chi connectivity index (χ1) is 12.8. The maximum absolute atomic E-state index is 14.2. The van der Waals surface area contributed by atoms with Crippen molar-refractivity contribution in [1.82, 2.24) is 10.2 Å². The van der Waals surface area contributed by atoms with Gasteiger partial charge in [-0.25, -0.2) is 13.6 Å². The second kappa shape index (κ2) is 6.09. The van der Waals surface area contributed by atoms with E-state index in [0.717, 1.165) is 23.1 Å². The van der Waals surface area contributed by atoms with E-state index in [0.29, 0.717) is 17.1 Å². The van der Waals surface area contributed by atoms with Crippen molar-refractivity contribution in [3.05, 3.63) is 58.1 Å². The lowest BCUT2D eigenvalue weighted by Gasteiger charge is -2.23. The molecule has 0 aromatic heterocycles. The lowest BCUT2D eigenvalue weighted by molar-refractivity contribution is -0.131. The smallest absolute Gasteiger partial charge is 0.325 e. The van der Waals surface area contributed by atoms with Crippen LogP contribution in [0.1, 0.15) is 18.1 Å². The van der Waals surface area contributed by atoms with E-state index in [-0.39, 0.29) is 23.9 Å². The number of urea groups is 1. The molecule has 0 bridgehead atoms. The van der Waals surface area contributed by atoms with Crippen LogP contribution >= 0.6 is 11.6 Å². The summed E-state index contributed by atoms with van der Waals surface area (Å²) < 4.78 is 38.2. The van der Waals surface area contributed by atoms with Crippen molar-refractivity contribution in [2.45, 2.75) is 19.0 Å². The summed E-state index contributed by atoms with van der Waals surface area (Å²) in [5.74, 6) is -1.41. The number of rotatable bonds is 3. The quantitative estimate of drug-likeness (QED) is 0.811. The Kier molecular flexibility index (Phi) is 3.96. The van der Waals surface area contributed by atoms with Crippen LogP contribution in [0.15, 0.2) is 30.3 Å². The summed E-state index contributed by atoms with van der Waals surface area (Å²) in [6.07, 6.45) is 0. The number of carbonyl (C=O) groups excluding carboxylic acids is 2. The van der Waals surface area contributed by atoms with Crippen LogP contribution in [0.2, 0.25) is 5.02 Å². The molecule has 27 heavy (non-hydrogen) atoms. The van der Waals surface area contributed by atoms with Crippen molar-refractivity contribution in [1.29, 1.82) is 0 Å². The average molecular weight is 395 g/mol. The zero-order chi connectivity index (χ0) is 19.3. The summed E-state index contributed by atoms with van der Waals surface area (Å²) in [6, 6.07) is 5.18. The van der Waals surface area contributed by atoms with Crippen molar-refractivity contribution in [3.63, 3.8) is 0 Å². The van der Waals surface area contributed by atoms with Crippen molar-refractivity contribution in [3.8, 4) is 11.5 Å². The van der Waals surface area contributed by atoms with Crippen LogP contribution in [0.4, 0.5) is 13.6 Å². The maximum Gasteiger partial charge on any atom is 0.325 e. The van der Waals surface area contributed by atoms with Gasteiger partial charge in [0.1, 0.15) is 17.2 Å². The molecule has 1 atom stereocenters. The van der Waals surface area contributed by atoms with Gasteiger partial charge in [-0.2, -0.15) is 0 Å². The number of nitrogens with zero attached hydrogens (tertiary/aromatic N) is 1. The molecular formula is C18H13ClF2N2O4. The van der Waals surface area contributed by atoms with Gasteiger partial charge in [-0.1, -0.05) is 11.6 Å². The van der Waals surface area contributed by atoms with E-state index in [1.807, 2.05) is 0 Å². The van der Waals surface area contributed by atoms with Gasteiger partial charge in [-0.15, -0.1) is 0 Å². The number of nitrogens with one attached hydrogen (secondary N) is 1. The fourth-order valence-corrected chi connectivity index (χ4v) is 3.49. The summed E-state index contributed by atoms with van der Waals surface area (Å²) >= 11 is 6.12. The molecule has 1 N–H and O–H groups in total. The minimum atomic E-state index is -1.72. The Hall–Kier alpha value is -2.87. The number of carbonyl (C=O) groups is 2. The van der Waals surface area contributed by atoms with Crippen LogP contribution in [0, 0.1) is 11.6 Å². The second-order valence-corrected chi connectivity index (χ2v) is 6.79. The van der Waals surface area contributed by atoms with Crippen molar-refractivity contribution in [2.24, 2.45) is 0 Å². The first kappa shape index (κ1) is 17.5. The fraction of sp³-hybridized carbons (Fsp3) is 0.222. The molecule has 0 saturated carbocycles. The lowest BCUT2D eigenvalue weighted by atomic mass is 9.91. The SMILES string of the molecule is CC1(c2cc(F)ccc2F)NC(=O)N(Cc2cc(Cl)c3c(c2)OCO3)C1=O. The highest BCUT2D eigenvalue weighted by atomic mass is 35.5. The summed E-state index contributed by atoms with van der Waals surface area (Å²) in [5, 5.41) is 2.73. The van der Waals surface area contributed by atoms with Gasteiger partial charge in [-0.05, 0) is 42.8 Å². The molecular weight excluding hydrogens is 382 g/mol. The molecule has 3 amide bonds. The highest BCUT2D eigenvalue weighted by Crippen LogP contribution is 2.40. The van der Waals surface area contributed by atoms with Gasteiger partial charge in [-0.3, -0.25) is 9.69 Å². The van der Waals surface area contributed by atoms with Crippen LogP contribution in [0.3, 0.4) is 0 Å². The van der Waals surface area contributed by atoms with Crippen LogP contribution < -0.4 is 14.8 Å². The Morgan fingerprint density at radius 1 is 1.22 bits per heavy atom. The number of hydrogen-bond donors (Lipinski definition) is 1. The molecule has 4 rings (SSSR count). The molecule has 6 nitrogen and oxygen atoms in total. The number of halogens is 3. The topological polar surface area (TPSA) is 67.9 Å². The third-order valence-electron chi connectivity index (χ3n) is 4.57. The Morgan fingerprint density at radius 3 is 2.78 bits per heavy atom. The minimum absolute atomic E-state index is 0.0263. The molecule has 0 spiro atoms. The van der Waals surface area contributed by atoms with E-state index in [4.69, 9.17) is 21.1 Å². The van der Waals surface area contributed by atoms with Crippen molar-refractivity contribution < 1.29 is 27.8 Å². The zero-order valence-electron chi connectivity index (χ0n) is 14.0. The average Bonchev–Trinajstić information content (AvgIpc) is 3.17. The third kappa shape index (κ3) is 2.76. The summed E-state index contributed by atoms with van der Waals surface area (Å²) in [6.45, 7) is 1.24. The molecule has 2 aromatic rings. The maximum atomic E-state index is 14.2. The Balaban J connectivity index is 1.66. The predicted octanol–water partition coefficient (Wildman–Crippen LogP) is 3.31. The largest absolute Gasteiger partial charge is 0.454 e. The van der Waals surface area contributed by atoms with E-state index in [1.54, 1.807) is 12.1 Å². The third-order valence-corrected chi connectivity index (χ3v) is 4.85. The molecule has 1 saturated heterocycles. The first-order valence-corrected chi connectivity index (χ1v) is 8.35. The highest BCUT2D eigenvalue weighted by Gasteiger charge is 2.50. The monoisotopic (exact) mass is 394 g/mol. The van der Waals surface area contributed by atoms with E-state index >= 15 is 0 Å². The fourth-order valence-electron chi connectivity index (χ4n) is 3.20. The summed E-state index contributed by atoms with van der Waals surface area (Å²) in [7, 11) is 0. The van der Waals surface area contributed by atoms with Crippen LogP contribution in [0.5, 0.6) is 11.5 Å². The number of benzene rings is 2. The highest BCUT2D eigenvalue weighted by molar-refractivity contribution is 6.32. The van der Waals surface area contributed by atoms with Gasteiger partial charge in [0.2, 0.25) is 6.79 Å². The van der Waals surface area contributed by atoms with Crippen molar-refractivity contribution in [2.75, 3.05) is 6.79 Å². The summed E-state index contributed by atoms with van der Waals surface area (Å²) in [4.78, 5) is 26.2. The number of fused-ring (bicyclic) bond motifs is 1. The summed E-state index contributed by atoms with van der Waals surface area (Å²) in [5.41, 5.74) is -1.44. The number of hydrogen-bond acceptors (Lipinski definition) is 4. The molecule has 1 fully saturated rings. The van der Waals surface area contributed by atoms with Crippen LogP contribution in [0.25, 0.3) is 0 Å². The number of amides is 3. The predicted molar refractivity (Wildman–Crippen MR) is 90.4 cm³/mol. The lowest BCUT2D eigenvalue weighted by Crippen LogP contribution is -2.41. The van der Waals surface area contributed by atoms with E-state index in [2.05, 4.69) is 5.32 Å². The molecule has 2 heterocycles. The Labute approximate surface area is 157 Å². The van der Waals surface area contributed by atoms with Crippen LogP contribution in [-0.4, -0.2) is 23.6 Å². The van der Waals surface area contributed by atoms with Gasteiger partial charge in [0.25, 0.3) is 5.91 Å². The molecule has 9 heteroatoms. The first-order valence-electron chi connectivity index (χ1n) is 7.97. The molecule has 0 radical (unpaired) electrons. The van der Waals surface area contributed by atoms with Gasteiger partial charge in [0.15, 0.2) is 11.5 Å². The van der Waals surface area contributed by atoms with Gasteiger partial charge in [0.05, 0.1) is 11.6 Å². The zero-order valence-corrected chi connectivity index (χ0v) is 14.8. The molecule has 2 aromatic carbocycles. The van der Waals surface area contributed by atoms with Crippen molar-refractivity contribution >= 4 is 23.5 Å². The number of ether oxygens (including phenoxy) is 2. The van der Waals surface area contributed by atoms with Crippen LogP contribution in [-0.2, 0) is 16.9 Å². The molecule has 140 valence electrons. The Morgan fingerprint density at radius 2 is 2.00 bits per heavy atom. The van der Waals surface area contributed by atoms with E-state index in [1.165, 1.54) is 6.92 Å². The van der Waals surface area contributed by atoms with E-state index < -0.39 is 29.1 Å². The molecule has 2 aliphatic rings. The molecule has 0 aliphatic carbocycles. The van der Waals surface area contributed by atoms with Gasteiger partial charge in [0, 0.05) is 5.56 Å². The normalized spacial score (nSPS) is 21.0. The van der Waals surface area contributed by atoms with Gasteiger partial charge >= 0.3 is 6.03 Å². The Bertz CT molecular complexity index is 984. The van der Waals surface area contributed by atoms with Gasteiger partial charge < -0.3 is 14.8 Å². The minimum Gasteiger partial charge on any atom is -0.454 e. The molecule has 1 unspecified atom stereocenters. The standard InChI is InChI=1S/C18H13ClF2N2O4/c1-18(11-6-10(20)2-3-13(11)21)16(24)23(17(25)22-18)7-9-4-12(19)15-14(5-9)26-8-27-15/h2-6H,7-8H2,1H3,(H,22,25). The molecule has 2 aliphatic heterocycles. The number of imide groups is 1.